The maximum atomic E-state index is 13.3. The van der Waals surface area contributed by atoms with E-state index in [2.05, 4.69) is 0 Å². The second-order valence-electron chi connectivity index (χ2n) is 3.38. The minimum absolute atomic E-state index is 0.0117. The molecule has 0 heterocycles. The molecule has 0 radical (unpaired) electrons. The van der Waals surface area contributed by atoms with Crippen molar-refractivity contribution in [2.24, 2.45) is 0 Å². The third-order valence-corrected chi connectivity index (χ3v) is 2.31. The fourth-order valence-electron chi connectivity index (χ4n) is 1.35. The van der Waals surface area contributed by atoms with Gasteiger partial charge in [0.05, 0.1) is 12.3 Å². The number of carbonyl (C=O) groups is 1. The molecule has 0 aliphatic heterocycles. The molecular formula is C10H7ClF4O2. The standard InChI is InChI=1S/C10H7ClF4O2/c11-5-1-2-6(8(12)3-5)7(9(16)17)4-10(13,14)15/h1-3,7H,4H2,(H,16,17). The van der Waals surface area contributed by atoms with E-state index in [1.54, 1.807) is 0 Å². The van der Waals surface area contributed by atoms with Crippen LogP contribution in [0.4, 0.5) is 17.6 Å². The van der Waals surface area contributed by atoms with Crippen molar-refractivity contribution in [3.63, 3.8) is 0 Å². The molecule has 1 aromatic carbocycles. The van der Waals surface area contributed by atoms with Gasteiger partial charge in [0.15, 0.2) is 0 Å². The molecule has 0 aromatic heterocycles. The SMILES string of the molecule is O=C(O)C(CC(F)(F)F)c1ccc(Cl)cc1F. The Kier molecular flexibility index (Phi) is 3.98. The Morgan fingerprint density at radius 1 is 1.41 bits per heavy atom. The van der Waals surface area contributed by atoms with Crippen molar-refractivity contribution >= 4 is 17.6 Å². The van der Waals surface area contributed by atoms with E-state index in [0.29, 0.717) is 0 Å². The molecule has 2 nitrogen and oxygen atoms in total. The van der Waals surface area contributed by atoms with Crippen LogP contribution in [0.15, 0.2) is 18.2 Å². The average molecular weight is 271 g/mol. The molecule has 0 aliphatic carbocycles. The summed E-state index contributed by atoms with van der Waals surface area (Å²) in [6.07, 6.45) is -6.31. The summed E-state index contributed by atoms with van der Waals surface area (Å²) in [5.74, 6) is -4.76. The normalized spacial score (nSPS) is 13.5. The largest absolute Gasteiger partial charge is 0.481 e. The smallest absolute Gasteiger partial charge is 0.390 e. The van der Waals surface area contributed by atoms with Gasteiger partial charge in [-0.25, -0.2) is 4.39 Å². The highest BCUT2D eigenvalue weighted by Crippen LogP contribution is 2.33. The molecule has 0 aliphatic rings. The van der Waals surface area contributed by atoms with Crippen molar-refractivity contribution in [3.8, 4) is 0 Å². The van der Waals surface area contributed by atoms with E-state index in [1.165, 1.54) is 0 Å². The van der Waals surface area contributed by atoms with Crippen molar-refractivity contribution in [2.75, 3.05) is 0 Å². The Labute approximate surface area is 98.8 Å². The van der Waals surface area contributed by atoms with E-state index in [4.69, 9.17) is 16.7 Å². The molecule has 0 amide bonds. The summed E-state index contributed by atoms with van der Waals surface area (Å²) in [7, 11) is 0. The number of carboxylic acids is 1. The van der Waals surface area contributed by atoms with Crippen molar-refractivity contribution in [2.45, 2.75) is 18.5 Å². The molecule has 7 heteroatoms. The maximum Gasteiger partial charge on any atom is 0.390 e. The molecular weight excluding hydrogens is 264 g/mol. The lowest BCUT2D eigenvalue weighted by molar-refractivity contribution is -0.157. The van der Waals surface area contributed by atoms with E-state index < -0.39 is 35.9 Å². The summed E-state index contributed by atoms with van der Waals surface area (Å²) in [6.45, 7) is 0. The highest BCUT2D eigenvalue weighted by molar-refractivity contribution is 6.30. The molecule has 1 unspecified atom stereocenters. The quantitative estimate of drug-likeness (QED) is 0.852. The number of carboxylic acid groups (broad SMARTS) is 1. The van der Waals surface area contributed by atoms with Gasteiger partial charge < -0.3 is 5.11 Å². The van der Waals surface area contributed by atoms with Crippen molar-refractivity contribution in [1.29, 1.82) is 0 Å². The van der Waals surface area contributed by atoms with Gasteiger partial charge in [-0.05, 0) is 12.1 Å². The Hall–Kier alpha value is -1.30. The van der Waals surface area contributed by atoms with Gasteiger partial charge in [0, 0.05) is 10.6 Å². The lowest BCUT2D eigenvalue weighted by Crippen LogP contribution is -2.21. The van der Waals surface area contributed by atoms with Gasteiger partial charge in [-0.2, -0.15) is 13.2 Å². The number of rotatable bonds is 3. The van der Waals surface area contributed by atoms with Crippen LogP contribution in [0, 0.1) is 5.82 Å². The zero-order chi connectivity index (χ0) is 13.2. The van der Waals surface area contributed by atoms with Gasteiger partial charge in [0.2, 0.25) is 0 Å². The first kappa shape index (κ1) is 13.8. The highest BCUT2D eigenvalue weighted by atomic mass is 35.5. The molecule has 0 saturated heterocycles. The average Bonchev–Trinajstić information content (AvgIpc) is 2.13. The minimum atomic E-state index is -4.69. The number of hydrogen-bond acceptors (Lipinski definition) is 1. The van der Waals surface area contributed by atoms with Crippen LogP contribution in [0.3, 0.4) is 0 Å². The van der Waals surface area contributed by atoms with E-state index in [0.717, 1.165) is 18.2 Å². The third-order valence-electron chi connectivity index (χ3n) is 2.07. The summed E-state index contributed by atoms with van der Waals surface area (Å²) in [5.41, 5.74) is -0.528. The van der Waals surface area contributed by atoms with Crippen LogP contribution < -0.4 is 0 Å². The van der Waals surface area contributed by atoms with Gasteiger partial charge in [-0.15, -0.1) is 0 Å². The molecule has 0 spiro atoms. The molecule has 1 aromatic rings. The second-order valence-corrected chi connectivity index (χ2v) is 3.81. The molecule has 17 heavy (non-hydrogen) atoms. The number of halogens is 5. The first-order chi connectivity index (χ1) is 7.70. The summed E-state index contributed by atoms with van der Waals surface area (Å²) >= 11 is 5.42. The molecule has 0 fully saturated rings. The molecule has 1 atom stereocenters. The number of hydrogen-bond donors (Lipinski definition) is 1. The van der Waals surface area contributed by atoms with E-state index in [-0.39, 0.29) is 5.02 Å². The molecule has 1 rings (SSSR count). The number of alkyl halides is 3. The summed E-state index contributed by atoms with van der Waals surface area (Å²) in [6, 6.07) is 2.87. The zero-order valence-corrected chi connectivity index (χ0v) is 9.02. The fourth-order valence-corrected chi connectivity index (χ4v) is 1.50. The van der Waals surface area contributed by atoms with Crippen LogP contribution in [-0.4, -0.2) is 17.3 Å². The van der Waals surface area contributed by atoms with E-state index in [9.17, 15) is 22.4 Å². The van der Waals surface area contributed by atoms with E-state index in [1.807, 2.05) is 0 Å². The third kappa shape index (κ3) is 3.89. The fraction of sp³-hybridized carbons (Fsp3) is 0.300. The Bertz CT molecular complexity index is 431. The molecule has 94 valence electrons. The summed E-state index contributed by atoms with van der Waals surface area (Å²) in [5, 5.41) is 8.67. The molecule has 0 bridgehead atoms. The first-order valence-corrected chi connectivity index (χ1v) is 4.83. The number of benzene rings is 1. The molecule has 0 saturated carbocycles. The summed E-state index contributed by atoms with van der Waals surface area (Å²) < 4.78 is 49.8. The first-order valence-electron chi connectivity index (χ1n) is 4.45. The van der Waals surface area contributed by atoms with Crippen LogP contribution in [0.1, 0.15) is 17.9 Å². The topological polar surface area (TPSA) is 37.3 Å². The van der Waals surface area contributed by atoms with E-state index >= 15 is 0 Å². The van der Waals surface area contributed by atoms with Gasteiger partial charge in [0.25, 0.3) is 0 Å². The summed E-state index contributed by atoms with van der Waals surface area (Å²) in [4.78, 5) is 10.7. The van der Waals surface area contributed by atoms with Crippen LogP contribution >= 0.6 is 11.6 Å². The molecule has 1 N–H and O–H groups in total. The maximum absolute atomic E-state index is 13.3. The Morgan fingerprint density at radius 2 is 2.00 bits per heavy atom. The highest BCUT2D eigenvalue weighted by Gasteiger charge is 2.37. The van der Waals surface area contributed by atoms with Crippen molar-refractivity contribution < 1.29 is 27.5 Å². The van der Waals surface area contributed by atoms with Crippen LogP contribution in [-0.2, 0) is 4.79 Å². The zero-order valence-electron chi connectivity index (χ0n) is 8.26. The predicted octanol–water partition coefficient (Wildman–Crippen LogP) is 3.60. The predicted molar refractivity (Wildman–Crippen MR) is 52.5 cm³/mol. The second kappa shape index (κ2) is 4.91. The van der Waals surface area contributed by atoms with Crippen LogP contribution in [0.25, 0.3) is 0 Å². The van der Waals surface area contributed by atoms with Gasteiger partial charge >= 0.3 is 12.1 Å². The lowest BCUT2D eigenvalue weighted by Gasteiger charge is -2.15. The van der Waals surface area contributed by atoms with Crippen molar-refractivity contribution in [3.05, 3.63) is 34.6 Å². The van der Waals surface area contributed by atoms with Gasteiger partial charge in [-0.1, -0.05) is 17.7 Å². The van der Waals surface area contributed by atoms with Gasteiger partial charge in [0.1, 0.15) is 5.82 Å². The Balaban J connectivity index is 3.10. The van der Waals surface area contributed by atoms with Crippen LogP contribution in [0.2, 0.25) is 5.02 Å². The Morgan fingerprint density at radius 3 is 2.41 bits per heavy atom. The van der Waals surface area contributed by atoms with Crippen molar-refractivity contribution in [1.82, 2.24) is 0 Å². The monoisotopic (exact) mass is 270 g/mol. The van der Waals surface area contributed by atoms with Crippen LogP contribution in [0.5, 0.6) is 0 Å². The lowest BCUT2D eigenvalue weighted by atomic mass is 9.95. The number of aliphatic carboxylic acids is 1. The minimum Gasteiger partial charge on any atom is -0.481 e. The van der Waals surface area contributed by atoms with Gasteiger partial charge in [-0.3, -0.25) is 4.79 Å².